The first-order valence-corrected chi connectivity index (χ1v) is 6.23. The minimum atomic E-state index is -0.182. The molecule has 0 aliphatic heterocycles. The van der Waals surface area contributed by atoms with Crippen molar-refractivity contribution in [1.82, 2.24) is 0 Å². The van der Waals surface area contributed by atoms with Crippen LogP contribution in [-0.4, -0.2) is 5.91 Å². The lowest BCUT2D eigenvalue weighted by Crippen LogP contribution is -2.07. The molecular weight excluding hydrogens is 248 g/mol. The van der Waals surface area contributed by atoms with E-state index in [4.69, 9.17) is 5.26 Å². The van der Waals surface area contributed by atoms with Crippen molar-refractivity contribution >= 4 is 17.7 Å². The molecule has 0 aliphatic carbocycles. The van der Waals surface area contributed by atoms with Gasteiger partial charge in [0.25, 0.3) is 0 Å². The number of anilines is 1. The average molecular weight is 262 g/mol. The number of amides is 1. The molecular formula is C17H14N2O. The molecule has 0 atom stereocenters. The lowest BCUT2D eigenvalue weighted by atomic mass is 10.1. The van der Waals surface area contributed by atoms with Gasteiger partial charge in [-0.05, 0) is 42.8 Å². The quantitative estimate of drug-likeness (QED) is 0.860. The fraction of sp³-hybridized carbons (Fsp3) is 0.0588. The summed E-state index contributed by atoms with van der Waals surface area (Å²) in [6.07, 6.45) is 3.19. The van der Waals surface area contributed by atoms with Crippen LogP contribution in [0.1, 0.15) is 16.7 Å². The smallest absolute Gasteiger partial charge is 0.248 e. The molecule has 0 heterocycles. The number of carbonyl (C=O) groups excluding carboxylic acids is 1. The lowest BCUT2D eigenvalue weighted by molar-refractivity contribution is -0.111. The number of hydrogen-bond donors (Lipinski definition) is 1. The Bertz CT molecular complexity index is 662. The number of aryl methyl sites for hydroxylation is 1. The van der Waals surface area contributed by atoms with Crippen molar-refractivity contribution < 1.29 is 4.79 Å². The van der Waals surface area contributed by atoms with Gasteiger partial charge in [0.2, 0.25) is 5.91 Å². The fourth-order valence-corrected chi connectivity index (χ4v) is 1.66. The van der Waals surface area contributed by atoms with Crippen molar-refractivity contribution in [2.75, 3.05) is 5.32 Å². The highest BCUT2D eigenvalue weighted by Crippen LogP contribution is 2.09. The molecule has 1 N–H and O–H groups in total. The van der Waals surface area contributed by atoms with Crippen LogP contribution >= 0.6 is 0 Å². The SMILES string of the molecule is Cc1ccc(NC(=O)/C=C/c2ccc(C#N)cc2)cc1. The second-order valence-electron chi connectivity index (χ2n) is 4.42. The predicted octanol–water partition coefficient (Wildman–Crippen LogP) is 3.52. The summed E-state index contributed by atoms with van der Waals surface area (Å²) in [4.78, 5) is 11.7. The van der Waals surface area contributed by atoms with Crippen LogP contribution in [0.3, 0.4) is 0 Å². The molecule has 0 aromatic heterocycles. The minimum absolute atomic E-state index is 0.182. The zero-order chi connectivity index (χ0) is 14.4. The molecule has 1 amide bonds. The number of rotatable bonds is 3. The Morgan fingerprint density at radius 2 is 1.75 bits per heavy atom. The molecule has 0 bridgehead atoms. The first-order chi connectivity index (χ1) is 9.67. The van der Waals surface area contributed by atoms with Crippen LogP contribution in [0.25, 0.3) is 6.08 Å². The number of nitrogens with zero attached hydrogens (tertiary/aromatic N) is 1. The van der Waals surface area contributed by atoms with E-state index in [1.165, 1.54) is 6.08 Å². The molecule has 0 saturated carbocycles. The van der Waals surface area contributed by atoms with Gasteiger partial charge in [-0.25, -0.2) is 0 Å². The van der Waals surface area contributed by atoms with Crippen LogP contribution < -0.4 is 5.32 Å². The van der Waals surface area contributed by atoms with E-state index >= 15 is 0 Å². The van der Waals surface area contributed by atoms with Crippen LogP contribution in [0.5, 0.6) is 0 Å². The minimum Gasteiger partial charge on any atom is -0.323 e. The van der Waals surface area contributed by atoms with Crippen LogP contribution in [0.2, 0.25) is 0 Å². The highest BCUT2D eigenvalue weighted by Gasteiger charge is 1.97. The van der Waals surface area contributed by atoms with E-state index in [0.717, 1.165) is 16.8 Å². The van der Waals surface area contributed by atoms with Crippen molar-refractivity contribution in [2.24, 2.45) is 0 Å². The van der Waals surface area contributed by atoms with E-state index < -0.39 is 0 Å². The van der Waals surface area contributed by atoms with Crippen LogP contribution in [0, 0.1) is 18.3 Å². The van der Waals surface area contributed by atoms with Gasteiger partial charge in [-0.1, -0.05) is 29.8 Å². The molecule has 0 aliphatic rings. The molecule has 2 rings (SSSR count). The van der Waals surface area contributed by atoms with E-state index in [2.05, 4.69) is 11.4 Å². The number of nitriles is 1. The summed E-state index contributed by atoms with van der Waals surface area (Å²) < 4.78 is 0. The monoisotopic (exact) mass is 262 g/mol. The molecule has 98 valence electrons. The fourth-order valence-electron chi connectivity index (χ4n) is 1.66. The van der Waals surface area contributed by atoms with Gasteiger partial charge in [-0.3, -0.25) is 4.79 Å². The summed E-state index contributed by atoms with van der Waals surface area (Å²) in [7, 11) is 0. The van der Waals surface area contributed by atoms with E-state index in [-0.39, 0.29) is 5.91 Å². The second-order valence-corrected chi connectivity index (χ2v) is 4.42. The highest BCUT2D eigenvalue weighted by atomic mass is 16.1. The Hall–Kier alpha value is -2.86. The van der Waals surface area contributed by atoms with Crippen LogP contribution in [0.15, 0.2) is 54.6 Å². The van der Waals surface area contributed by atoms with E-state index in [9.17, 15) is 4.79 Å². The molecule has 2 aromatic carbocycles. The van der Waals surface area contributed by atoms with Crippen molar-refractivity contribution in [3.05, 3.63) is 71.3 Å². The normalized spacial score (nSPS) is 10.2. The Kier molecular flexibility index (Phi) is 4.31. The third-order valence-electron chi connectivity index (χ3n) is 2.79. The van der Waals surface area contributed by atoms with Gasteiger partial charge in [0.05, 0.1) is 11.6 Å². The average Bonchev–Trinajstić information content (AvgIpc) is 2.48. The van der Waals surface area contributed by atoms with E-state index in [0.29, 0.717) is 5.56 Å². The molecule has 20 heavy (non-hydrogen) atoms. The van der Waals surface area contributed by atoms with Gasteiger partial charge in [0.1, 0.15) is 0 Å². The van der Waals surface area contributed by atoms with Gasteiger partial charge in [0.15, 0.2) is 0 Å². The third-order valence-corrected chi connectivity index (χ3v) is 2.79. The van der Waals surface area contributed by atoms with Gasteiger partial charge in [-0.15, -0.1) is 0 Å². The topological polar surface area (TPSA) is 52.9 Å². The summed E-state index contributed by atoms with van der Waals surface area (Å²) in [5.74, 6) is -0.182. The Balaban J connectivity index is 1.98. The van der Waals surface area contributed by atoms with Crippen molar-refractivity contribution in [2.45, 2.75) is 6.92 Å². The largest absolute Gasteiger partial charge is 0.323 e. The number of nitrogens with one attached hydrogen (secondary N) is 1. The summed E-state index contributed by atoms with van der Waals surface area (Å²) in [6, 6.07) is 16.7. The maximum Gasteiger partial charge on any atom is 0.248 e. The summed E-state index contributed by atoms with van der Waals surface area (Å²) >= 11 is 0. The van der Waals surface area contributed by atoms with Crippen molar-refractivity contribution in [3.8, 4) is 6.07 Å². The molecule has 0 radical (unpaired) electrons. The van der Waals surface area contributed by atoms with Crippen molar-refractivity contribution in [1.29, 1.82) is 5.26 Å². The van der Waals surface area contributed by atoms with Crippen LogP contribution in [-0.2, 0) is 4.79 Å². The zero-order valence-corrected chi connectivity index (χ0v) is 11.1. The maximum absolute atomic E-state index is 11.7. The summed E-state index contributed by atoms with van der Waals surface area (Å²) in [5, 5.41) is 11.5. The number of carbonyl (C=O) groups is 1. The van der Waals surface area contributed by atoms with Gasteiger partial charge in [0, 0.05) is 11.8 Å². The van der Waals surface area contributed by atoms with Crippen LogP contribution in [0.4, 0.5) is 5.69 Å². The summed E-state index contributed by atoms with van der Waals surface area (Å²) in [5.41, 5.74) is 3.40. The van der Waals surface area contributed by atoms with Gasteiger partial charge >= 0.3 is 0 Å². The Morgan fingerprint density at radius 3 is 2.35 bits per heavy atom. The first-order valence-electron chi connectivity index (χ1n) is 6.23. The second kappa shape index (κ2) is 6.35. The third kappa shape index (κ3) is 3.82. The van der Waals surface area contributed by atoms with Gasteiger partial charge in [-0.2, -0.15) is 5.26 Å². The lowest BCUT2D eigenvalue weighted by Gasteiger charge is -2.02. The molecule has 3 heteroatoms. The number of hydrogen-bond acceptors (Lipinski definition) is 2. The van der Waals surface area contributed by atoms with Gasteiger partial charge < -0.3 is 5.32 Å². The number of benzene rings is 2. The molecule has 0 spiro atoms. The van der Waals surface area contributed by atoms with Crippen molar-refractivity contribution in [3.63, 3.8) is 0 Å². The predicted molar refractivity (Wildman–Crippen MR) is 80.0 cm³/mol. The molecule has 2 aromatic rings. The Morgan fingerprint density at radius 1 is 1.10 bits per heavy atom. The maximum atomic E-state index is 11.7. The standard InChI is InChI=1S/C17H14N2O/c1-13-2-9-16(10-3-13)19-17(20)11-8-14-4-6-15(12-18)7-5-14/h2-11H,1H3,(H,19,20)/b11-8+. The first kappa shape index (κ1) is 13.6. The molecule has 0 fully saturated rings. The molecule has 0 unspecified atom stereocenters. The van der Waals surface area contributed by atoms with E-state index in [1.54, 1.807) is 30.3 Å². The van der Waals surface area contributed by atoms with E-state index in [1.807, 2.05) is 31.2 Å². The molecule has 0 saturated heterocycles. The molecule has 3 nitrogen and oxygen atoms in total. The summed E-state index contributed by atoms with van der Waals surface area (Å²) in [6.45, 7) is 2.00. The zero-order valence-electron chi connectivity index (χ0n) is 11.1. The highest BCUT2D eigenvalue weighted by molar-refractivity contribution is 6.01. The Labute approximate surface area is 118 Å².